The van der Waals surface area contributed by atoms with Crippen LogP contribution in [0.4, 0.5) is 0 Å². The Balaban J connectivity index is 1.46. The fourth-order valence-corrected chi connectivity index (χ4v) is 7.98. The van der Waals surface area contributed by atoms with Gasteiger partial charge in [-0.3, -0.25) is 33.6 Å². The first-order chi connectivity index (χ1) is 37.1. The lowest BCUT2D eigenvalue weighted by atomic mass is 9.97. The van der Waals surface area contributed by atoms with Crippen LogP contribution in [0.2, 0.25) is 0 Å². The van der Waals surface area contributed by atoms with Crippen LogP contribution in [0.3, 0.4) is 0 Å². The van der Waals surface area contributed by atoms with Crippen LogP contribution in [-0.4, -0.2) is 302 Å². The Morgan fingerprint density at radius 1 is 0.487 bits per heavy atom. The zero-order valence-electron chi connectivity index (χ0n) is 43.8. The van der Waals surface area contributed by atoms with Crippen LogP contribution in [0.5, 0.6) is 0 Å². The third-order valence-electron chi connectivity index (χ3n) is 12.0. The highest BCUT2D eigenvalue weighted by Crippen LogP contribution is 2.25. The normalized spacial score (nSPS) is 29.4. The number of rotatable bonds is 35. The predicted octanol–water partition coefficient (Wildman–Crippen LogP) is -10.8. The van der Waals surface area contributed by atoms with E-state index in [1.165, 1.54) is 20.8 Å². The van der Waals surface area contributed by atoms with E-state index in [1.807, 2.05) is 0 Å². The largest absolute Gasteiger partial charge is 0.394 e. The minimum Gasteiger partial charge on any atom is -0.394 e. The molecular formula is C45H80N8O25. The van der Waals surface area contributed by atoms with E-state index in [9.17, 15) is 79.5 Å². The minimum atomic E-state index is -1.51. The van der Waals surface area contributed by atoms with Crippen molar-refractivity contribution in [3.63, 3.8) is 0 Å². The van der Waals surface area contributed by atoms with Crippen LogP contribution in [0.15, 0.2) is 0 Å². The maximum absolute atomic E-state index is 13.5. The molecule has 0 spiro atoms. The third kappa shape index (κ3) is 22.9. The second kappa shape index (κ2) is 36.0. The molecule has 0 bridgehead atoms. The third-order valence-corrected chi connectivity index (χ3v) is 12.0. The number of amides is 7. The van der Waals surface area contributed by atoms with Gasteiger partial charge in [-0.2, -0.15) is 0 Å². The van der Waals surface area contributed by atoms with Crippen LogP contribution in [0.1, 0.15) is 33.6 Å². The van der Waals surface area contributed by atoms with E-state index in [1.54, 1.807) is 0 Å². The van der Waals surface area contributed by atoms with Gasteiger partial charge in [0.05, 0.1) is 85.3 Å². The first-order valence-corrected chi connectivity index (χ1v) is 25.2. The van der Waals surface area contributed by atoms with Gasteiger partial charge in [-0.05, 0) is 6.42 Å². The number of nitrogens with two attached hydrogens (primary N) is 1. The second-order valence-electron chi connectivity index (χ2n) is 18.1. The zero-order chi connectivity index (χ0) is 57.9. The van der Waals surface area contributed by atoms with Gasteiger partial charge in [0.2, 0.25) is 41.4 Å². The van der Waals surface area contributed by atoms with Crippen molar-refractivity contribution in [2.45, 2.75) is 132 Å². The molecule has 33 nitrogen and oxygen atoms in total. The van der Waals surface area contributed by atoms with Crippen molar-refractivity contribution < 1.29 is 122 Å². The molecule has 0 radical (unpaired) electrons. The fourth-order valence-electron chi connectivity index (χ4n) is 7.98. The quantitative estimate of drug-likeness (QED) is 0.0262. The molecule has 3 rings (SSSR count). The lowest BCUT2D eigenvalue weighted by Crippen LogP contribution is -2.64. The summed E-state index contributed by atoms with van der Waals surface area (Å²) in [7, 11) is 0. The molecular weight excluding hydrogens is 1050 g/mol. The summed E-state index contributed by atoms with van der Waals surface area (Å²) in [6.45, 7) is -0.394. The molecule has 0 aromatic carbocycles. The van der Waals surface area contributed by atoms with E-state index >= 15 is 0 Å². The Bertz CT molecular complexity index is 1770. The average molecular weight is 1130 g/mol. The molecule has 7 amide bonds. The average Bonchev–Trinajstić information content (AvgIpc) is 3.42. The van der Waals surface area contributed by atoms with E-state index < -0.39 is 172 Å². The van der Waals surface area contributed by atoms with Crippen molar-refractivity contribution in [2.24, 2.45) is 5.73 Å². The molecule has 0 aromatic heterocycles. The van der Waals surface area contributed by atoms with Gasteiger partial charge < -0.3 is 131 Å². The molecule has 16 atom stereocenters. The van der Waals surface area contributed by atoms with Crippen LogP contribution in [0.25, 0.3) is 0 Å². The van der Waals surface area contributed by atoms with Crippen molar-refractivity contribution in [1.29, 1.82) is 0 Å². The number of aliphatic hydroxyl groups is 9. The van der Waals surface area contributed by atoms with E-state index in [0.29, 0.717) is 0 Å². The van der Waals surface area contributed by atoms with Crippen LogP contribution in [0, 0.1) is 0 Å². The van der Waals surface area contributed by atoms with E-state index in [-0.39, 0.29) is 91.9 Å². The van der Waals surface area contributed by atoms with E-state index in [4.69, 9.17) is 48.4 Å². The zero-order valence-corrected chi connectivity index (χ0v) is 43.8. The molecule has 3 heterocycles. The number of nitrogens with one attached hydrogen (secondary N) is 6. The van der Waals surface area contributed by atoms with Crippen LogP contribution in [-0.2, 0) is 76.2 Å². The van der Waals surface area contributed by atoms with Crippen molar-refractivity contribution in [1.82, 2.24) is 36.8 Å². The van der Waals surface area contributed by atoms with Gasteiger partial charge in [-0.15, -0.1) is 0 Å². The number of nitrogens with zero attached hydrogens (tertiary/aromatic N) is 1. The molecule has 3 aliphatic rings. The Kier molecular flexibility index (Phi) is 31.3. The van der Waals surface area contributed by atoms with Crippen molar-refractivity contribution in [3.05, 3.63) is 0 Å². The van der Waals surface area contributed by atoms with Gasteiger partial charge in [-0.25, -0.2) is 0 Å². The second-order valence-corrected chi connectivity index (χ2v) is 18.1. The molecule has 0 saturated carbocycles. The van der Waals surface area contributed by atoms with Crippen LogP contribution >= 0.6 is 0 Å². The topological polar surface area (TPSA) is 486 Å². The molecule has 0 aromatic rings. The molecule has 3 saturated heterocycles. The Hall–Kier alpha value is -4.47. The number of aliphatic hydroxyl groups excluding tert-OH is 9. The standard InChI is InChI=1S/C45H80N8O25/c1-23(57)50-33-39(66)36(63)27(20-54)76-43(33)73-15-12-70-9-6-47-30(60)18-53(19-31(61)48-7-10-71-13-16-74-44-34(51-24(2)58)40(67)37(64)28(21-55)77-44)32(62)5-4-26(46)42(69)49-8-11-72-14-17-75-45-35(52-25(3)59)41(68)38(65)29(22-56)78-45/h26-29,33-41,43-45,54-56,63-68H,4-22,46H2,1-3H3,(H,47,60)(H,48,61)(H,49,69)(H,50,57)(H,51,58)(H,52,59). The van der Waals surface area contributed by atoms with Crippen molar-refractivity contribution in [3.8, 4) is 0 Å². The van der Waals surface area contributed by atoms with Gasteiger partial charge in [0.25, 0.3) is 0 Å². The van der Waals surface area contributed by atoms with Gasteiger partial charge >= 0.3 is 0 Å². The summed E-state index contributed by atoms with van der Waals surface area (Å²) in [5.74, 6) is -4.34. The van der Waals surface area contributed by atoms with Crippen LogP contribution < -0.4 is 37.6 Å². The van der Waals surface area contributed by atoms with Crippen molar-refractivity contribution in [2.75, 3.05) is 112 Å². The summed E-state index contributed by atoms with van der Waals surface area (Å²) in [6, 6.07) is -4.67. The lowest BCUT2D eigenvalue weighted by Gasteiger charge is -2.42. The number of ether oxygens (including phenoxy) is 9. The van der Waals surface area contributed by atoms with Gasteiger partial charge in [0.1, 0.15) is 86.2 Å². The summed E-state index contributed by atoms with van der Waals surface area (Å²) in [6.07, 6.45) is -16.9. The molecule has 3 fully saturated rings. The van der Waals surface area contributed by atoms with Crippen molar-refractivity contribution >= 4 is 41.4 Å². The minimum absolute atomic E-state index is 0.0191. The SMILES string of the molecule is CC(=O)NC1C(OCCOCCNC(=O)CN(CC(=O)NCCOCCOC2OC(CO)C(O)C(O)C2NC(C)=O)C(=O)CCC(N)C(=O)NCCOCCOC2OC(CO)C(O)C(O)C2NC(C)=O)OC(CO)C(O)C1O. The maximum Gasteiger partial charge on any atom is 0.239 e. The number of carbonyl (C=O) groups is 7. The molecule has 3 aliphatic heterocycles. The summed E-state index contributed by atoms with van der Waals surface area (Å²) in [5, 5.41) is 105. The number of carbonyl (C=O) groups excluding carboxylic acids is 7. The summed E-state index contributed by atoms with van der Waals surface area (Å²) >= 11 is 0. The molecule has 78 heavy (non-hydrogen) atoms. The Labute approximate surface area is 448 Å². The molecule has 17 N–H and O–H groups in total. The molecule has 33 heteroatoms. The highest BCUT2D eigenvalue weighted by Gasteiger charge is 2.47. The van der Waals surface area contributed by atoms with Gasteiger partial charge in [-0.1, -0.05) is 0 Å². The Morgan fingerprint density at radius 2 is 0.808 bits per heavy atom. The number of hydrogen-bond acceptors (Lipinski definition) is 26. The maximum atomic E-state index is 13.5. The first kappa shape index (κ1) is 67.8. The fraction of sp³-hybridized carbons (Fsp3) is 0.844. The van der Waals surface area contributed by atoms with Gasteiger partial charge in [0.15, 0.2) is 18.9 Å². The molecule has 16 unspecified atom stereocenters. The smallest absolute Gasteiger partial charge is 0.239 e. The van der Waals surface area contributed by atoms with E-state index in [2.05, 4.69) is 31.9 Å². The summed E-state index contributed by atoms with van der Waals surface area (Å²) in [4.78, 5) is 88.3. The lowest BCUT2D eigenvalue weighted by molar-refractivity contribution is -0.272. The van der Waals surface area contributed by atoms with Gasteiger partial charge in [0, 0.05) is 46.8 Å². The molecule has 450 valence electrons. The number of hydrogen-bond donors (Lipinski definition) is 16. The van der Waals surface area contributed by atoms with E-state index in [0.717, 1.165) is 4.90 Å². The monoisotopic (exact) mass is 1130 g/mol. The highest BCUT2D eigenvalue weighted by atomic mass is 16.7. The summed E-state index contributed by atoms with van der Waals surface area (Å²) in [5.41, 5.74) is 6.06. The highest BCUT2D eigenvalue weighted by molar-refractivity contribution is 5.89. The summed E-state index contributed by atoms with van der Waals surface area (Å²) < 4.78 is 49.6. The molecule has 0 aliphatic carbocycles. The Morgan fingerprint density at radius 3 is 1.12 bits per heavy atom. The first-order valence-electron chi connectivity index (χ1n) is 25.2. The predicted molar refractivity (Wildman–Crippen MR) is 259 cm³/mol.